The van der Waals surface area contributed by atoms with Crippen LogP contribution in [0.3, 0.4) is 0 Å². The molecular formula is C17H24OS. The Morgan fingerprint density at radius 1 is 1.32 bits per heavy atom. The van der Waals surface area contributed by atoms with Crippen molar-refractivity contribution in [1.82, 2.24) is 0 Å². The molecule has 2 rings (SSSR count). The summed E-state index contributed by atoms with van der Waals surface area (Å²) in [7, 11) is 0. The van der Waals surface area contributed by atoms with Crippen molar-refractivity contribution < 1.29 is 4.79 Å². The van der Waals surface area contributed by atoms with Gasteiger partial charge in [0, 0.05) is 6.42 Å². The Morgan fingerprint density at radius 3 is 2.68 bits per heavy atom. The van der Waals surface area contributed by atoms with Gasteiger partial charge in [-0.05, 0) is 37.0 Å². The molecule has 0 radical (unpaired) electrons. The standard InChI is InChI=1S/C17H24OS/c1-3-4-10-17(19-2)13-15(12-16(17)18)11-14-8-6-5-7-9-14/h5-9,15H,3-4,10-13H2,1-2H3. The maximum atomic E-state index is 12.4. The molecule has 1 nitrogen and oxygen atoms in total. The summed E-state index contributed by atoms with van der Waals surface area (Å²) >= 11 is 1.79. The highest BCUT2D eigenvalue weighted by Crippen LogP contribution is 2.45. The van der Waals surface area contributed by atoms with Crippen LogP contribution in [0.4, 0.5) is 0 Å². The van der Waals surface area contributed by atoms with Crippen molar-refractivity contribution in [2.24, 2.45) is 5.92 Å². The molecule has 104 valence electrons. The second-order valence-electron chi connectivity index (χ2n) is 5.69. The summed E-state index contributed by atoms with van der Waals surface area (Å²) in [5.41, 5.74) is 1.37. The molecule has 0 spiro atoms. The van der Waals surface area contributed by atoms with Gasteiger partial charge in [0.05, 0.1) is 4.75 Å². The van der Waals surface area contributed by atoms with Crippen molar-refractivity contribution in [3.8, 4) is 0 Å². The predicted octanol–water partition coefficient (Wildman–Crippen LogP) is 4.50. The SMILES string of the molecule is CCCCC1(SC)CC(Cc2ccccc2)CC1=O. The van der Waals surface area contributed by atoms with E-state index in [0.29, 0.717) is 11.7 Å². The smallest absolute Gasteiger partial charge is 0.149 e. The van der Waals surface area contributed by atoms with Crippen molar-refractivity contribution in [3.05, 3.63) is 35.9 Å². The van der Waals surface area contributed by atoms with Crippen molar-refractivity contribution >= 4 is 17.5 Å². The van der Waals surface area contributed by atoms with Gasteiger partial charge < -0.3 is 0 Å². The summed E-state index contributed by atoms with van der Waals surface area (Å²) in [5, 5.41) is 0. The van der Waals surface area contributed by atoms with Crippen LogP contribution < -0.4 is 0 Å². The monoisotopic (exact) mass is 276 g/mol. The highest BCUT2D eigenvalue weighted by Gasteiger charge is 2.45. The van der Waals surface area contributed by atoms with Gasteiger partial charge in [0.1, 0.15) is 5.78 Å². The molecule has 2 heteroatoms. The molecule has 0 aliphatic heterocycles. The van der Waals surface area contributed by atoms with Crippen LogP contribution in [0.1, 0.15) is 44.6 Å². The number of hydrogen-bond acceptors (Lipinski definition) is 2. The molecule has 1 fully saturated rings. The lowest BCUT2D eigenvalue weighted by atomic mass is 9.94. The molecule has 2 atom stereocenters. The van der Waals surface area contributed by atoms with Crippen molar-refractivity contribution in [2.45, 2.75) is 50.2 Å². The molecule has 0 amide bonds. The Morgan fingerprint density at radius 2 is 2.05 bits per heavy atom. The highest BCUT2D eigenvalue weighted by molar-refractivity contribution is 8.00. The number of benzene rings is 1. The third kappa shape index (κ3) is 3.42. The molecule has 1 saturated carbocycles. The average molecular weight is 276 g/mol. The molecule has 0 heterocycles. The highest BCUT2D eigenvalue weighted by atomic mass is 32.2. The predicted molar refractivity (Wildman–Crippen MR) is 83.6 cm³/mol. The van der Waals surface area contributed by atoms with E-state index in [9.17, 15) is 4.79 Å². The van der Waals surface area contributed by atoms with Crippen LogP contribution in [0.5, 0.6) is 0 Å². The van der Waals surface area contributed by atoms with Crippen LogP contribution in [0.25, 0.3) is 0 Å². The Labute approximate surface area is 121 Å². The average Bonchev–Trinajstić information content (AvgIpc) is 2.74. The second kappa shape index (κ2) is 6.60. The van der Waals surface area contributed by atoms with E-state index < -0.39 is 0 Å². The summed E-state index contributed by atoms with van der Waals surface area (Å²) in [5.74, 6) is 1.04. The number of hydrogen-bond donors (Lipinski definition) is 0. The van der Waals surface area contributed by atoms with Gasteiger partial charge in [-0.15, -0.1) is 0 Å². The van der Waals surface area contributed by atoms with Crippen LogP contribution in [0.2, 0.25) is 0 Å². The fourth-order valence-corrected chi connectivity index (χ4v) is 4.26. The van der Waals surface area contributed by atoms with Gasteiger partial charge in [-0.25, -0.2) is 0 Å². The largest absolute Gasteiger partial charge is 0.298 e. The van der Waals surface area contributed by atoms with Gasteiger partial charge in [-0.1, -0.05) is 50.1 Å². The number of carbonyl (C=O) groups excluding carboxylic acids is 1. The van der Waals surface area contributed by atoms with Crippen LogP contribution in [-0.4, -0.2) is 16.8 Å². The van der Waals surface area contributed by atoms with Gasteiger partial charge in [0.15, 0.2) is 0 Å². The Hall–Kier alpha value is -0.760. The lowest BCUT2D eigenvalue weighted by Gasteiger charge is -2.25. The van der Waals surface area contributed by atoms with Gasteiger partial charge in [-0.2, -0.15) is 11.8 Å². The van der Waals surface area contributed by atoms with E-state index >= 15 is 0 Å². The van der Waals surface area contributed by atoms with Crippen LogP contribution in [-0.2, 0) is 11.2 Å². The Balaban J connectivity index is 2.01. The summed E-state index contributed by atoms with van der Waals surface area (Å²) < 4.78 is -0.0740. The molecule has 1 aliphatic rings. The number of carbonyl (C=O) groups is 1. The maximum Gasteiger partial charge on any atom is 0.149 e. The third-order valence-corrected chi connectivity index (χ3v) is 5.67. The quantitative estimate of drug-likeness (QED) is 0.761. The van der Waals surface area contributed by atoms with Crippen LogP contribution >= 0.6 is 11.8 Å². The zero-order chi connectivity index (χ0) is 13.7. The van der Waals surface area contributed by atoms with Crippen molar-refractivity contribution in [2.75, 3.05) is 6.26 Å². The van der Waals surface area contributed by atoms with E-state index in [4.69, 9.17) is 0 Å². The lowest BCUT2D eigenvalue weighted by molar-refractivity contribution is -0.119. The molecule has 1 aromatic rings. The first-order chi connectivity index (χ1) is 9.20. The van der Waals surface area contributed by atoms with Crippen molar-refractivity contribution in [3.63, 3.8) is 0 Å². The first-order valence-corrected chi connectivity index (χ1v) is 8.55. The Bertz CT molecular complexity index is 415. The van der Waals surface area contributed by atoms with E-state index in [0.717, 1.165) is 25.7 Å². The Kier molecular flexibility index (Phi) is 5.09. The van der Waals surface area contributed by atoms with E-state index in [1.54, 1.807) is 11.8 Å². The zero-order valence-corrected chi connectivity index (χ0v) is 12.8. The normalized spacial score (nSPS) is 26.8. The molecule has 0 N–H and O–H groups in total. The third-order valence-electron chi connectivity index (χ3n) is 4.29. The second-order valence-corrected chi connectivity index (χ2v) is 6.88. The van der Waals surface area contributed by atoms with E-state index in [1.807, 2.05) is 0 Å². The zero-order valence-electron chi connectivity index (χ0n) is 12.0. The topological polar surface area (TPSA) is 17.1 Å². The van der Waals surface area contributed by atoms with Gasteiger partial charge in [0.2, 0.25) is 0 Å². The van der Waals surface area contributed by atoms with Gasteiger partial charge >= 0.3 is 0 Å². The molecule has 2 unspecified atom stereocenters. The molecular weight excluding hydrogens is 252 g/mol. The molecule has 0 saturated heterocycles. The molecule has 0 aromatic heterocycles. The van der Waals surface area contributed by atoms with Crippen LogP contribution in [0.15, 0.2) is 30.3 Å². The molecule has 1 aliphatic carbocycles. The minimum atomic E-state index is -0.0740. The maximum absolute atomic E-state index is 12.4. The number of Topliss-reactive ketones (excluding diaryl/α,β-unsaturated/α-hetero) is 1. The fraction of sp³-hybridized carbons (Fsp3) is 0.588. The number of ketones is 1. The minimum Gasteiger partial charge on any atom is -0.298 e. The van der Waals surface area contributed by atoms with E-state index in [2.05, 4.69) is 43.5 Å². The van der Waals surface area contributed by atoms with Gasteiger partial charge in [-0.3, -0.25) is 4.79 Å². The lowest BCUT2D eigenvalue weighted by Crippen LogP contribution is -2.29. The molecule has 19 heavy (non-hydrogen) atoms. The first-order valence-electron chi connectivity index (χ1n) is 7.32. The van der Waals surface area contributed by atoms with E-state index in [1.165, 1.54) is 18.4 Å². The van der Waals surface area contributed by atoms with Crippen molar-refractivity contribution in [1.29, 1.82) is 0 Å². The fourth-order valence-electron chi connectivity index (χ4n) is 3.20. The first kappa shape index (κ1) is 14.6. The summed E-state index contributed by atoms with van der Waals surface area (Å²) in [6.07, 6.45) is 8.43. The van der Waals surface area contributed by atoms with E-state index in [-0.39, 0.29) is 4.75 Å². The van der Waals surface area contributed by atoms with Crippen LogP contribution in [0, 0.1) is 5.92 Å². The van der Waals surface area contributed by atoms with Gasteiger partial charge in [0.25, 0.3) is 0 Å². The minimum absolute atomic E-state index is 0.0740. The number of rotatable bonds is 6. The summed E-state index contributed by atoms with van der Waals surface area (Å²) in [6, 6.07) is 10.6. The number of thioether (sulfide) groups is 1. The molecule has 0 bridgehead atoms. The summed E-state index contributed by atoms with van der Waals surface area (Å²) in [6.45, 7) is 2.20. The number of unbranched alkanes of at least 4 members (excludes halogenated alkanes) is 1. The molecule has 1 aromatic carbocycles. The summed E-state index contributed by atoms with van der Waals surface area (Å²) in [4.78, 5) is 12.4.